The standard InChI is InChI=1S/C15H20ClF2N/c1-19(14-10-6-5-9-13(14)16)11-15(17,18)12-7-3-2-4-8-12/h2-4,7-8,13-14H,5-6,9-11H2,1H3. The molecule has 2 unspecified atom stereocenters. The fraction of sp³-hybridized carbons (Fsp3) is 0.600. The van der Waals surface area contributed by atoms with E-state index in [2.05, 4.69) is 0 Å². The predicted octanol–water partition coefficient (Wildman–Crippen LogP) is 4.26. The van der Waals surface area contributed by atoms with Gasteiger partial charge in [0.15, 0.2) is 0 Å². The molecule has 4 heteroatoms. The summed E-state index contributed by atoms with van der Waals surface area (Å²) in [6, 6.07) is 8.06. The van der Waals surface area contributed by atoms with Gasteiger partial charge in [-0.05, 0) is 19.9 Å². The molecule has 1 aliphatic rings. The van der Waals surface area contributed by atoms with Crippen LogP contribution in [0.25, 0.3) is 0 Å². The Morgan fingerprint density at radius 1 is 1.21 bits per heavy atom. The summed E-state index contributed by atoms with van der Waals surface area (Å²) < 4.78 is 28.4. The molecule has 1 nitrogen and oxygen atoms in total. The zero-order valence-corrected chi connectivity index (χ0v) is 11.9. The number of hydrogen-bond acceptors (Lipinski definition) is 1. The van der Waals surface area contributed by atoms with Gasteiger partial charge in [-0.2, -0.15) is 8.78 Å². The second-order valence-electron chi connectivity index (χ2n) is 5.35. The molecule has 1 saturated carbocycles. The SMILES string of the molecule is CN(CC(F)(F)c1ccccc1)C1CCCCC1Cl. The molecule has 1 fully saturated rings. The summed E-state index contributed by atoms with van der Waals surface area (Å²) in [5.74, 6) is -2.83. The van der Waals surface area contributed by atoms with E-state index in [9.17, 15) is 8.78 Å². The molecule has 19 heavy (non-hydrogen) atoms. The summed E-state index contributed by atoms with van der Waals surface area (Å²) in [5.41, 5.74) is 0.0729. The van der Waals surface area contributed by atoms with Crippen molar-refractivity contribution in [1.29, 1.82) is 0 Å². The summed E-state index contributed by atoms with van der Waals surface area (Å²) in [6.45, 7) is -0.273. The van der Waals surface area contributed by atoms with Crippen molar-refractivity contribution >= 4 is 11.6 Å². The van der Waals surface area contributed by atoms with E-state index in [1.54, 1.807) is 30.1 Å². The van der Waals surface area contributed by atoms with Crippen molar-refractivity contribution in [2.75, 3.05) is 13.6 Å². The van der Waals surface area contributed by atoms with Gasteiger partial charge in [-0.25, -0.2) is 0 Å². The van der Waals surface area contributed by atoms with Crippen LogP contribution >= 0.6 is 11.6 Å². The van der Waals surface area contributed by atoms with Gasteiger partial charge in [0.25, 0.3) is 5.92 Å². The number of halogens is 3. The molecule has 2 atom stereocenters. The van der Waals surface area contributed by atoms with E-state index >= 15 is 0 Å². The van der Waals surface area contributed by atoms with Gasteiger partial charge >= 0.3 is 0 Å². The average Bonchev–Trinajstić information content (AvgIpc) is 2.39. The molecular weight excluding hydrogens is 268 g/mol. The maximum Gasteiger partial charge on any atom is 0.285 e. The first-order chi connectivity index (χ1) is 9.00. The van der Waals surface area contributed by atoms with Crippen LogP contribution in [0, 0.1) is 0 Å². The van der Waals surface area contributed by atoms with E-state index < -0.39 is 5.92 Å². The lowest BCUT2D eigenvalue weighted by atomic mass is 9.93. The highest BCUT2D eigenvalue weighted by molar-refractivity contribution is 6.21. The Morgan fingerprint density at radius 3 is 2.47 bits per heavy atom. The van der Waals surface area contributed by atoms with Gasteiger partial charge in [-0.15, -0.1) is 11.6 Å². The summed E-state index contributed by atoms with van der Waals surface area (Å²) in [4.78, 5) is 1.73. The molecule has 0 amide bonds. The monoisotopic (exact) mass is 287 g/mol. The Bertz CT molecular complexity index is 396. The highest BCUT2D eigenvalue weighted by Crippen LogP contribution is 2.32. The van der Waals surface area contributed by atoms with Crippen molar-refractivity contribution in [3.8, 4) is 0 Å². The number of nitrogens with zero attached hydrogens (tertiary/aromatic N) is 1. The number of hydrogen-bond donors (Lipinski definition) is 0. The number of benzene rings is 1. The van der Waals surface area contributed by atoms with Crippen LogP contribution in [-0.2, 0) is 5.92 Å². The van der Waals surface area contributed by atoms with E-state index in [1.807, 2.05) is 0 Å². The lowest BCUT2D eigenvalue weighted by Gasteiger charge is -2.36. The van der Waals surface area contributed by atoms with Crippen molar-refractivity contribution in [2.45, 2.75) is 43.0 Å². The van der Waals surface area contributed by atoms with Crippen molar-refractivity contribution < 1.29 is 8.78 Å². The van der Waals surface area contributed by atoms with Gasteiger partial charge in [0.05, 0.1) is 6.54 Å². The fourth-order valence-corrected chi connectivity index (χ4v) is 3.24. The van der Waals surface area contributed by atoms with Crippen LogP contribution in [0.3, 0.4) is 0 Å². The predicted molar refractivity (Wildman–Crippen MR) is 74.9 cm³/mol. The van der Waals surface area contributed by atoms with Crippen molar-refractivity contribution in [1.82, 2.24) is 4.90 Å². The van der Waals surface area contributed by atoms with Gasteiger partial charge in [-0.1, -0.05) is 43.2 Å². The lowest BCUT2D eigenvalue weighted by Crippen LogP contribution is -2.45. The summed E-state index contributed by atoms with van der Waals surface area (Å²) >= 11 is 6.27. The second kappa shape index (κ2) is 6.19. The molecule has 0 aromatic heterocycles. The minimum atomic E-state index is -2.83. The van der Waals surface area contributed by atoms with Crippen LogP contribution in [-0.4, -0.2) is 29.9 Å². The third kappa shape index (κ3) is 3.67. The molecule has 2 rings (SSSR count). The highest BCUT2D eigenvalue weighted by atomic mass is 35.5. The molecule has 1 aromatic rings. The number of alkyl halides is 3. The normalized spacial score (nSPS) is 24.7. The first-order valence-corrected chi connectivity index (χ1v) is 7.22. The summed E-state index contributed by atoms with van der Waals surface area (Å²) in [5, 5.41) is -0.00896. The van der Waals surface area contributed by atoms with E-state index in [0.29, 0.717) is 0 Å². The zero-order valence-electron chi connectivity index (χ0n) is 11.2. The van der Waals surface area contributed by atoms with E-state index in [0.717, 1.165) is 25.7 Å². The molecule has 0 saturated heterocycles. The topological polar surface area (TPSA) is 3.24 Å². The van der Waals surface area contributed by atoms with Crippen molar-refractivity contribution in [3.63, 3.8) is 0 Å². The average molecular weight is 288 g/mol. The zero-order chi connectivity index (χ0) is 13.9. The van der Waals surface area contributed by atoms with Gasteiger partial charge in [0.2, 0.25) is 0 Å². The van der Waals surface area contributed by atoms with Gasteiger partial charge in [0, 0.05) is 17.0 Å². The molecule has 0 N–H and O–H groups in total. The molecule has 0 bridgehead atoms. The Kier molecular flexibility index (Phi) is 4.80. The van der Waals surface area contributed by atoms with E-state index in [4.69, 9.17) is 11.6 Å². The van der Waals surface area contributed by atoms with Crippen LogP contribution in [0.5, 0.6) is 0 Å². The minimum Gasteiger partial charge on any atom is -0.296 e. The Labute approximate surface area is 118 Å². The summed E-state index contributed by atoms with van der Waals surface area (Å²) in [7, 11) is 1.75. The van der Waals surface area contributed by atoms with Gasteiger partial charge < -0.3 is 0 Å². The fourth-order valence-electron chi connectivity index (χ4n) is 2.77. The smallest absolute Gasteiger partial charge is 0.285 e. The minimum absolute atomic E-state index is 0.00896. The quantitative estimate of drug-likeness (QED) is 0.748. The molecular formula is C15H20ClF2N. The Morgan fingerprint density at radius 2 is 1.84 bits per heavy atom. The van der Waals surface area contributed by atoms with Crippen molar-refractivity contribution in [2.24, 2.45) is 0 Å². The maximum atomic E-state index is 14.2. The van der Waals surface area contributed by atoms with E-state index in [1.165, 1.54) is 12.1 Å². The maximum absolute atomic E-state index is 14.2. The number of likely N-dealkylation sites (N-methyl/N-ethyl adjacent to an activating group) is 1. The van der Waals surface area contributed by atoms with Crippen LogP contribution in [0.4, 0.5) is 8.78 Å². The molecule has 0 spiro atoms. The molecule has 0 aliphatic heterocycles. The van der Waals surface area contributed by atoms with Crippen LogP contribution in [0.2, 0.25) is 0 Å². The summed E-state index contributed by atoms with van der Waals surface area (Å²) in [6.07, 6.45) is 4.02. The van der Waals surface area contributed by atoms with Crippen LogP contribution in [0.1, 0.15) is 31.2 Å². The second-order valence-corrected chi connectivity index (χ2v) is 5.91. The molecule has 106 valence electrons. The third-order valence-electron chi connectivity index (χ3n) is 3.86. The van der Waals surface area contributed by atoms with Crippen LogP contribution in [0.15, 0.2) is 30.3 Å². The molecule has 1 aliphatic carbocycles. The first kappa shape index (κ1) is 14.7. The molecule has 0 heterocycles. The van der Waals surface area contributed by atoms with Gasteiger partial charge in [0.1, 0.15) is 0 Å². The highest BCUT2D eigenvalue weighted by Gasteiger charge is 2.36. The van der Waals surface area contributed by atoms with E-state index in [-0.39, 0.29) is 23.5 Å². The molecule has 0 radical (unpaired) electrons. The van der Waals surface area contributed by atoms with Crippen molar-refractivity contribution in [3.05, 3.63) is 35.9 Å². The van der Waals surface area contributed by atoms with Gasteiger partial charge in [-0.3, -0.25) is 4.90 Å². The molecule has 1 aromatic carbocycles. The largest absolute Gasteiger partial charge is 0.296 e. The first-order valence-electron chi connectivity index (χ1n) is 6.78. The Hall–Kier alpha value is -0.670. The van der Waals surface area contributed by atoms with Crippen LogP contribution < -0.4 is 0 Å². The third-order valence-corrected chi connectivity index (χ3v) is 4.37. The Balaban J connectivity index is 2.03. The lowest BCUT2D eigenvalue weighted by molar-refractivity contribution is -0.0437. The number of rotatable bonds is 4.